The second-order valence-corrected chi connectivity index (χ2v) is 7.11. The van der Waals surface area contributed by atoms with Gasteiger partial charge in [0.05, 0.1) is 0 Å². The van der Waals surface area contributed by atoms with Crippen LogP contribution < -0.4 is 16.1 Å². The SMILES string of the molecule is Cc1cc(C)cc(N2CCn3c2nc2c3c(=O)n(CCCO)c(=O)n2C)c1. The summed E-state index contributed by atoms with van der Waals surface area (Å²) in [5.41, 5.74) is 3.45. The van der Waals surface area contributed by atoms with Crippen molar-refractivity contribution >= 4 is 22.8 Å². The highest BCUT2D eigenvalue weighted by Gasteiger charge is 2.28. The number of benzene rings is 1. The molecular weight excluding hydrogens is 346 g/mol. The van der Waals surface area contributed by atoms with Gasteiger partial charge < -0.3 is 14.6 Å². The van der Waals surface area contributed by atoms with Crippen molar-refractivity contribution in [2.45, 2.75) is 33.4 Å². The lowest BCUT2D eigenvalue weighted by Gasteiger charge is -2.17. The number of aliphatic hydroxyl groups is 1. The second kappa shape index (κ2) is 6.38. The fraction of sp³-hybridized carbons (Fsp3) is 0.421. The van der Waals surface area contributed by atoms with Crippen LogP contribution in [0.5, 0.6) is 0 Å². The second-order valence-electron chi connectivity index (χ2n) is 7.11. The third kappa shape index (κ3) is 2.68. The Hall–Kier alpha value is -2.87. The van der Waals surface area contributed by atoms with Crippen LogP contribution in [0.3, 0.4) is 0 Å². The fourth-order valence-corrected chi connectivity index (χ4v) is 3.85. The molecule has 0 radical (unpaired) electrons. The van der Waals surface area contributed by atoms with Gasteiger partial charge in [-0.3, -0.25) is 13.9 Å². The van der Waals surface area contributed by atoms with Gasteiger partial charge in [-0.2, -0.15) is 4.98 Å². The van der Waals surface area contributed by atoms with Crippen LogP contribution in [0, 0.1) is 13.8 Å². The van der Waals surface area contributed by atoms with E-state index in [1.54, 1.807) is 7.05 Å². The summed E-state index contributed by atoms with van der Waals surface area (Å²) < 4.78 is 4.50. The third-order valence-electron chi connectivity index (χ3n) is 5.06. The Morgan fingerprint density at radius 2 is 1.81 bits per heavy atom. The number of aryl methyl sites for hydroxylation is 3. The van der Waals surface area contributed by atoms with Gasteiger partial charge in [0.25, 0.3) is 5.56 Å². The van der Waals surface area contributed by atoms with Gasteiger partial charge in [0.15, 0.2) is 11.2 Å². The molecule has 0 fully saturated rings. The van der Waals surface area contributed by atoms with Crippen molar-refractivity contribution < 1.29 is 5.11 Å². The number of hydrogen-bond acceptors (Lipinski definition) is 5. The average molecular weight is 369 g/mol. The molecule has 0 unspecified atom stereocenters. The minimum absolute atomic E-state index is 0.0708. The Morgan fingerprint density at radius 1 is 1.11 bits per heavy atom. The summed E-state index contributed by atoms with van der Waals surface area (Å²) in [7, 11) is 1.63. The zero-order valence-electron chi connectivity index (χ0n) is 15.8. The first-order valence-corrected chi connectivity index (χ1v) is 9.09. The first kappa shape index (κ1) is 17.5. The molecule has 1 aliphatic rings. The van der Waals surface area contributed by atoms with Crippen LogP contribution in [0.2, 0.25) is 0 Å². The van der Waals surface area contributed by atoms with E-state index < -0.39 is 5.69 Å². The van der Waals surface area contributed by atoms with Crippen LogP contribution in [0.25, 0.3) is 11.2 Å². The molecule has 27 heavy (non-hydrogen) atoms. The summed E-state index contributed by atoms with van der Waals surface area (Å²) in [6.07, 6.45) is 0.357. The monoisotopic (exact) mass is 369 g/mol. The van der Waals surface area contributed by atoms with E-state index in [1.807, 2.05) is 4.57 Å². The fourth-order valence-electron chi connectivity index (χ4n) is 3.85. The molecule has 1 N–H and O–H groups in total. The number of fused-ring (bicyclic) bond motifs is 3. The van der Waals surface area contributed by atoms with Gasteiger partial charge in [-0.25, -0.2) is 4.79 Å². The number of nitrogens with zero attached hydrogens (tertiary/aromatic N) is 5. The standard InChI is InChI=1S/C19H23N5O3/c1-12-9-13(2)11-14(10-12)22-6-7-23-15-16(20-18(22)23)21(3)19(27)24(17(15)26)5-4-8-25/h9-11,25H,4-8H2,1-3H3. The maximum Gasteiger partial charge on any atom is 0.332 e. The lowest BCUT2D eigenvalue weighted by molar-refractivity contribution is 0.277. The minimum Gasteiger partial charge on any atom is -0.396 e. The molecule has 0 atom stereocenters. The number of rotatable bonds is 4. The van der Waals surface area contributed by atoms with Gasteiger partial charge in [0, 0.05) is 39.0 Å². The van der Waals surface area contributed by atoms with Crippen molar-refractivity contribution in [2.24, 2.45) is 7.05 Å². The average Bonchev–Trinajstić information content (AvgIpc) is 3.18. The largest absolute Gasteiger partial charge is 0.396 e. The Labute approximate surface area is 155 Å². The van der Waals surface area contributed by atoms with Crippen molar-refractivity contribution in [3.05, 3.63) is 50.2 Å². The van der Waals surface area contributed by atoms with Crippen molar-refractivity contribution in [3.63, 3.8) is 0 Å². The minimum atomic E-state index is -0.407. The van der Waals surface area contributed by atoms with Gasteiger partial charge >= 0.3 is 5.69 Å². The summed E-state index contributed by atoms with van der Waals surface area (Å²) in [4.78, 5) is 32.3. The van der Waals surface area contributed by atoms with Crippen LogP contribution >= 0.6 is 0 Å². The molecule has 1 aromatic carbocycles. The highest BCUT2D eigenvalue weighted by molar-refractivity contribution is 5.78. The molecule has 2 aromatic heterocycles. The molecule has 3 aromatic rings. The molecule has 0 aliphatic carbocycles. The molecule has 3 heterocycles. The molecule has 0 bridgehead atoms. The Kier molecular flexibility index (Phi) is 4.15. The van der Waals surface area contributed by atoms with Crippen LogP contribution in [0.1, 0.15) is 17.5 Å². The summed E-state index contributed by atoms with van der Waals surface area (Å²) in [5, 5.41) is 9.06. The molecule has 8 heteroatoms. The van der Waals surface area contributed by atoms with E-state index in [9.17, 15) is 9.59 Å². The predicted octanol–water partition coefficient (Wildman–Crippen LogP) is 1.05. The summed E-state index contributed by atoms with van der Waals surface area (Å²) in [6, 6.07) is 6.31. The number of aliphatic hydroxyl groups excluding tert-OH is 1. The first-order valence-electron chi connectivity index (χ1n) is 9.09. The Balaban J connectivity index is 1.92. The van der Waals surface area contributed by atoms with Crippen LogP contribution in [-0.2, 0) is 20.1 Å². The maximum absolute atomic E-state index is 13.0. The van der Waals surface area contributed by atoms with E-state index in [0.29, 0.717) is 30.1 Å². The number of aromatic nitrogens is 4. The van der Waals surface area contributed by atoms with E-state index in [4.69, 9.17) is 5.11 Å². The summed E-state index contributed by atoms with van der Waals surface area (Å²) in [6.45, 7) is 5.59. The predicted molar refractivity (Wildman–Crippen MR) is 104 cm³/mol. The van der Waals surface area contributed by atoms with E-state index in [1.165, 1.54) is 20.3 Å². The summed E-state index contributed by atoms with van der Waals surface area (Å²) >= 11 is 0. The van der Waals surface area contributed by atoms with Crippen molar-refractivity contribution in [2.75, 3.05) is 18.1 Å². The maximum atomic E-state index is 13.0. The van der Waals surface area contributed by atoms with Crippen molar-refractivity contribution in [3.8, 4) is 0 Å². The molecule has 0 amide bonds. The van der Waals surface area contributed by atoms with Gasteiger partial charge in [0.1, 0.15) is 0 Å². The smallest absolute Gasteiger partial charge is 0.332 e. The zero-order chi connectivity index (χ0) is 19.3. The van der Waals surface area contributed by atoms with Crippen LogP contribution in [0.15, 0.2) is 27.8 Å². The van der Waals surface area contributed by atoms with E-state index in [-0.39, 0.29) is 18.7 Å². The summed E-state index contributed by atoms with van der Waals surface area (Å²) in [5.74, 6) is 0.682. The Morgan fingerprint density at radius 3 is 2.48 bits per heavy atom. The highest BCUT2D eigenvalue weighted by atomic mass is 16.3. The van der Waals surface area contributed by atoms with Crippen molar-refractivity contribution in [1.29, 1.82) is 0 Å². The van der Waals surface area contributed by atoms with Crippen LogP contribution in [-0.4, -0.2) is 36.9 Å². The molecule has 4 rings (SSSR count). The van der Waals surface area contributed by atoms with Gasteiger partial charge in [-0.1, -0.05) is 6.07 Å². The molecule has 0 saturated heterocycles. The van der Waals surface area contributed by atoms with Gasteiger partial charge in [0.2, 0.25) is 5.95 Å². The molecule has 142 valence electrons. The number of imidazole rings is 1. The molecule has 0 spiro atoms. The normalized spacial score (nSPS) is 13.6. The quantitative estimate of drug-likeness (QED) is 0.743. The van der Waals surface area contributed by atoms with Gasteiger partial charge in [-0.05, 0) is 43.5 Å². The lowest BCUT2D eigenvalue weighted by atomic mass is 10.1. The van der Waals surface area contributed by atoms with Crippen molar-refractivity contribution in [1.82, 2.24) is 18.7 Å². The molecule has 8 nitrogen and oxygen atoms in total. The Bertz CT molecular complexity index is 1130. The van der Waals surface area contributed by atoms with E-state index in [2.05, 4.69) is 41.9 Å². The van der Waals surface area contributed by atoms with Gasteiger partial charge in [-0.15, -0.1) is 0 Å². The number of anilines is 2. The third-order valence-corrected chi connectivity index (χ3v) is 5.06. The zero-order valence-corrected chi connectivity index (χ0v) is 15.8. The molecular formula is C19H23N5O3. The van der Waals surface area contributed by atoms with E-state index in [0.717, 1.165) is 12.2 Å². The molecule has 1 aliphatic heterocycles. The van der Waals surface area contributed by atoms with E-state index >= 15 is 0 Å². The first-order chi connectivity index (χ1) is 12.9. The topological polar surface area (TPSA) is 85.3 Å². The molecule has 0 saturated carbocycles. The highest BCUT2D eigenvalue weighted by Crippen LogP contribution is 2.32. The number of hydrogen-bond donors (Lipinski definition) is 1. The van der Waals surface area contributed by atoms with Crippen LogP contribution in [0.4, 0.5) is 11.6 Å². The lowest BCUT2D eigenvalue weighted by Crippen LogP contribution is -2.39.